The van der Waals surface area contributed by atoms with Gasteiger partial charge in [-0.25, -0.2) is 4.68 Å². The fourth-order valence-corrected chi connectivity index (χ4v) is 3.04. The second-order valence-corrected chi connectivity index (χ2v) is 6.52. The van der Waals surface area contributed by atoms with Crippen molar-refractivity contribution >= 4 is 28.4 Å². The third kappa shape index (κ3) is 2.82. The molecular formula is C13H23IN4. The van der Waals surface area contributed by atoms with Crippen LogP contribution in [0.4, 0.5) is 5.82 Å². The lowest BCUT2D eigenvalue weighted by Gasteiger charge is -2.24. The highest BCUT2D eigenvalue weighted by molar-refractivity contribution is 14.1. The molecule has 0 spiro atoms. The zero-order chi connectivity index (χ0) is 13.3. The van der Waals surface area contributed by atoms with Gasteiger partial charge in [0.25, 0.3) is 0 Å². The smallest absolute Gasteiger partial charge is 0.135 e. The van der Waals surface area contributed by atoms with Gasteiger partial charge < -0.3 is 10.6 Å². The van der Waals surface area contributed by atoms with E-state index >= 15 is 0 Å². The van der Waals surface area contributed by atoms with E-state index in [1.54, 1.807) is 0 Å². The highest BCUT2D eigenvalue weighted by atomic mass is 127. The van der Waals surface area contributed by atoms with Gasteiger partial charge in [0.2, 0.25) is 0 Å². The van der Waals surface area contributed by atoms with Gasteiger partial charge in [0.05, 0.1) is 15.3 Å². The van der Waals surface area contributed by atoms with Crippen LogP contribution in [0.25, 0.3) is 0 Å². The third-order valence-corrected chi connectivity index (χ3v) is 5.19. The summed E-state index contributed by atoms with van der Waals surface area (Å²) in [5, 5.41) is 4.61. The normalized spacial score (nSPS) is 22.4. The summed E-state index contributed by atoms with van der Waals surface area (Å²) in [7, 11) is 0. The number of aryl methyl sites for hydroxylation is 1. The second kappa shape index (κ2) is 5.77. The molecular weight excluding hydrogens is 339 g/mol. The summed E-state index contributed by atoms with van der Waals surface area (Å²) in [6.07, 6.45) is 3.57. The van der Waals surface area contributed by atoms with E-state index < -0.39 is 0 Å². The Hall–Kier alpha value is -0.300. The van der Waals surface area contributed by atoms with Gasteiger partial charge in [0.15, 0.2) is 0 Å². The lowest BCUT2D eigenvalue weighted by atomic mass is 10.1. The lowest BCUT2D eigenvalue weighted by Crippen LogP contribution is -2.31. The van der Waals surface area contributed by atoms with Crippen molar-refractivity contribution in [2.24, 2.45) is 0 Å². The Bertz CT molecular complexity index is 413. The molecule has 1 aliphatic heterocycles. The Morgan fingerprint density at radius 3 is 2.61 bits per heavy atom. The largest absolute Gasteiger partial charge is 0.383 e. The topological polar surface area (TPSA) is 47.1 Å². The molecule has 102 valence electrons. The number of likely N-dealkylation sites (tertiary alicyclic amines) is 1. The van der Waals surface area contributed by atoms with E-state index in [9.17, 15) is 0 Å². The second-order valence-electron chi connectivity index (χ2n) is 5.44. The molecule has 1 fully saturated rings. The number of nitrogen functional groups attached to an aromatic ring is 1. The molecule has 1 aromatic heterocycles. The third-order valence-electron chi connectivity index (χ3n) is 3.86. The van der Waals surface area contributed by atoms with Crippen LogP contribution in [0.3, 0.4) is 0 Å². The van der Waals surface area contributed by atoms with Crippen molar-refractivity contribution in [2.75, 3.05) is 18.8 Å². The predicted octanol–water partition coefficient (Wildman–Crippen LogP) is 2.81. The Labute approximate surface area is 123 Å². The summed E-state index contributed by atoms with van der Waals surface area (Å²) in [4.78, 5) is 2.55. The highest BCUT2D eigenvalue weighted by Gasteiger charge is 2.23. The first-order valence-electron chi connectivity index (χ1n) is 6.74. The van der Waals surface area contributed by atoms with E-state index in [-0.39, 0.29) is 0 Å². The minimum absolute atomic E-state index is 0.468. The molecule has 0 radical (unpaired) electrons. The molecule has 1 atom stereocenters. The van der Waals surface area contributed by atoms with Crippen molar-refractivity contribution in [1.29, 1.82) is 0 Å². The summed E-state index contributed by atoms with van der Waals surface area (Å²) in [6, 6.07) is 1.11. The monoisotopic (exact) mass is 362 g/mol. The van der Waals surface area contributed by atoms with E-state index in [2.05, 4.69) is 51.1 Å². The molecule has 1 unspecified atom stereocenters. The molecule has 2 rings (SSSR count). The molecule has 4 nitrogen and oxygen atoms in total. The quantitative estimate of drug-likeness (QED) is 0.823. The van der Waals surface area contributed by atoms with Gasteiger partial charge in [-0.2, -0.15) is 5.10 Å². The molecule has 5 heteroatoms. The van der Waals surface area contributed by atoms with Gasteiger partial charge in [0, 0.05) is 12.6 Å². The Kier molecular flexibility index (Phi) is 4.53. The average Bonchev–Trinajstić information content (AvgIpc) is 2.57. The van der Waals surface area contributed by atoms with Gasteiger partial charge in [-0.1, -0.05) is 0 Å². The van der Waals surface area contributed by atoms with E-state index in [1.807, 2.05) is 6.92 Å². The van der Waals surface area contributed by atoms with Crippen LogP contribution in [0, 0.1) is 10.5 Å². The average molecular weight is 362 g/mol. The maximum absolute atomic E-state index is 6.16. The van der Waals surface area contributed by atoms with Crippen LogP contribution in [0.15, 0.2) is 0 Å². The first kappa shape index (κ1) is 14.1. The fraction of sp³-hybridized carbons (Fsp3) is 0.769. The Balaban J connectivity index is 2.12. The molecule has 2 heterocycles. The van der Waals surface area contributed by atoms with Crippen LogP contribution in [0.2, 0.25) is 0 Å². The van der Waals surface area contributed by atoms with E-state index in [4.69, 9.17) is 5.73 Å². The van der Waals surface area contributed by atoms with E-state index in [1.165, 1.54) is 19.4 Å². The highest BCUT2D eigenvalue weighted by Crippen LogP contribution is 2.28. The number of aromatic nitrogens is 2. The van der Waals surface area contributed by atoms with E-state index in [0.29, 0.717) is 12.1 Å². The number of hydrogen-bond acceptors (Lipinski definition) is 3. The number of rotatable bonds is 2. The van der Waals surface area contributed by atoms with Crippen LogP contribution >= 0.6 is 22.6 Å². The minimum atomic E-state index is 0.468. The summed E-state index contributed by atoms with van der Waals surface area (Å²) in [5.41, 5.74) is 7.21. The molecule has 1 aliphatic rings. The molecule has 0 amide bonds. The number of anilines is 1. The molecule has 0 bridgehead atoms. The van der Waals surface area contributed by atoms with Gasteiger partial charge in [-0.05, 0) is 69.2 Å². The van der Waals surface area contributed by atoms with Gasteiger partial charge in [-0.15, -0.1) is 0 Å². The van der Waals surface area contributed by atoms with Crippen molar-refractivity contribution in [3.05, 3.63) is 9.26 Å². The fourth-order valence-electron chi connectivity index (χ4n) is 2.69. The summed E-state index contributed by atoms with van der Waals surface area (Å²) < 4.78 is 3.17. The Morgan fingerprint density at radius 2 is 2.06 bits per heavy atom. The SMILES string of the molecule is Cc1nn(C2CCCN(C(C)C)CC2)c(N)c1I. The molecule has 18 heavy (non-hydrogen) atoms. The van der Waals surface area contributed by atoms with E-state index in [0.717, 1.165) is 28.0 Å². The van der Waals surface area contributed by atoms with Crippen LogP contribution < -0.4 is 5.73 Å². The van der Waals surface area contributed by atoms with Crippen LogP contribution in [-0.2, 0) is 0 Å². The first-order chi connectivity index (χ1) is 8.50. The first-order valence-corrected chi connectivity index (χ1v) is 7.82. The molecule has 1 aromatic rings. The molecule has 2 N–H and O–H groups in total. The van der Waals surface area contributed by atoms with Crippen molar-refractivity contribution in [1.82, 2.24) is 14.7 Å². The number of nitrogens with zero attached hydrogens (tertiary/aromatic N) is 3. The zero-order valence-corrected chi connectivity index (χ0v) is 13.6. The van der Waals surface area contributed by atoms with Gasteiger partial charge in [-0.3, -0.25) is 0 Å². The maximum atomic E-state index is 6.16. The molecule has 1 saturated heterocycles. The van der Waals surface area contributed by atoms with Crippen LogP contribution in [0.5, 0.6) is 0 Å². The van der Waals surface area contributed by atoms with Gasteiger partial charge in [0.1, 0.15) is 5.82 Å². The zero-order valence-electron chi connectivity index (χ0n) is 11.5. The summed E-state index contributed by atoms with van der Waals surface area (Å²) in [5.74, 6) is 0.844. The minimum Gasteiger partial charge on any atom is -0.383 e. The molecule has 0 saturated carbocycles. The maximum Gasteiger partial charge on any atom is 0.135 e. The van der Waals surface area contributed by atoms with Crippen molar-refractivity contribution in [3.63, 3.8) is 0 Å². The molecule has 0 aromatic carbocycles. The summed E-state index contributed by atoms with van der Waals surface area (Å²) in [6.45, 7) is 8.93. The Morgan fingerprint density at radius 1 is 1.33 bits per heavy atom. The number of halogens is 1. The summed E-state index contributed by atoms with van der Waals surface area (Å²) >= 11 is 2.29. The van der Waals surface area contributed by atoms with Crippen molar-refractivity contribution in [2.45, 2.75) is 52.1 Å². The predicted molar refractivity (Wildman–Crippen MR) is 83.7 cm³/mol. The van der Waals surface area contributed by atoms with Crippen LogP contribution in [0.1, 0.15) is 44.8 Å². The van der Waals surface area contributed by atoms with Crippen molar-refractivity contribution < 1.29 is 0 Å². The van der Waals surface area contributed by atoms with Gasteiger partial charge >= 0.3 is 0 Å². The van der Waals surface area contributed by atoms with Crippen molar-refractivity contribution in [3.8, 4) is 0 Å². The number of nitrogens with two attached hydrogens (primary N) is 1. The standard InChI is InChI=1S/C13H23IN4/c1-9(2)17-7-4-5-11(6-8-17)18-13(15)12(14)10(3)16-18/h9,11H,4-8,15H2,1-3H3. The lowest BCUT2D eigenvalue weighted by molar-refractivity contribution is 0.227. The molecule has 0 aliphatic carbocycles. The number of hydrogen-bond donors (Lipinski definition) is 1. The van der Waals surface area contributed by atoms with Crippen LogP contribution in [-0.4, -0.2) is 33.8 Å².